The number of ether oxygens (including phenoxy) is 1. The molecule has 156 valence electrons. The highest BCUT2D eigenvalue weighted by atomic mass is 16.6. The number of aromatic hydroxyl groups is 1. The van der Waals surface area contributed by atoms with Crippen molar-refractivity contribution < 1.29 is 19.3 Å². The number of phenolic OH excluding ortho intramolecular Hbond substituents is 1. The minimum atomic E-state index is -0.586. The second-order valence-corrected chi connectivity index (χ2v) is 6.42. The van der Waals surface area contributed by atoms with Crippen molar-refractivity contribution in [2.45, 2.75) is 6.54 Å². The molecule has 30 heavy (non-hydrogen) atoms. The average Bonchev–Trinajstić information content (AvgIpc) is 3.36. The third kappa shape index (κ3) is 4.11. The molecule has 1 amide bonds. The maximum absolute atomic E-state index is 12.9. The van der Waals surface area contributed by atoms with Crippen molar-refractivity contribution in [2.75, 3.05) is 32.0 Å². The van der Waals surface area contributed by atoms with Gasteiger partial charge < -0.3 is 15.6 Å². The number of morpholine rings is 1. The van der Waals surface area contributed by atoms with Crippen LogP contribution in [0.2, 0.25) is 0 Å². The third-order valence-corrected chi connectivity index (χ3v) is 4.43. The highest BCUT2D eigenvalue weighted by Gasteiger charge is 2.26. The zero-order valence-corrected chi connectivity index (χ0v) is 15.8. The molecule has 2 aromatic heterocycles. The van der Waals surface area contributed by atoms with Crippen LogP contribution in [0.25, 0.3) is 5.82 Å². The minimum absolute atomic E-state index is 0.0374. The Morgan fingerprint density at radius 2 is 2.10 bits per heavy atom. The molecule has 1 aliphatic heterocycles. The molecule has 3 aromatic rings. The van der Waals surface area contributed by atoms with Crippen molar-refractivity contribution in [1.29, 1.82) is 0 Å². The summed E-state index contributed by atoms with van der Waals surface area (Å²) in [5, 5.41) is 29.0. The summed E-state index contributed by atoms with van der Waals surface area (Å²) in [4.78, 5) is 15.0. The first-order chi connectivity index (χ1) is 14.6. The zero-order valence-electron chi connectivity index (χ0n) is 15.8. The Morgan fingerprint density at radius 1 is 1.30 bits per heavy atom. The molecule has 0 unspecified atom stereocenters. The van der Waals surface area contributed by atoms with Gasteiger partial charge in [-0.15, -0.1) is 5.10 Å². The lowest BCUT2D eigenvalue weighted by molar-refractivity contribution is 0.0335. The molecule has 1 saturated heterocycles. The molecule has 0 spiro atoms. The summed E-state index contributed by atoms with van der Waals surface area (Å²) in [7, 11) is 0. The van der Waals surface area contributed by atoms with Gasteiger partial charge in [0.05, 0.1) is 19.4 Å². The van der Waals surface area contributed by atoms with Crippen molar-refractivity contribution in [2.24, 2.45) is 5.10 Å². The first-order valence-electron chi connectivity index (χ1n) is 9.08. The Kier molecular flexibility index (Phi) is 5.63. The van der Waals surface area contributed by atoms with Crippen LogP contribution in [0.4, 0.5) is 5.82 Å². The smallest absolute Gasteiger partial charge is 0.292 e. The molecule has 1 aromatic carbocycles. The van der Waals surface area contributed by atoms with Gasteiger partial charge >= 0.3 is 0 Å². The van der Waals surface area contributed by atoms with E-state index in [0.29, 0.717) is 44.1 Å². The number of hydrogen-bond donors (Lipinski definition) is 3. The van der Waals surface area contributed by atoms with E-state index >= 15 is 0 Å². The van der Waals surface area contributed by atoms with Crippen LogP contribution in [0, 0.1) is 0 Å². The number of carbonyl (C=O) groups excluding carboxylic acids is 1. The average molecular weight is 413 g/mol. The number of aromatic nitrogens is 5. The summed E-state index contributed by atoms with van der Waals surface area (Å²) >= 11 is 0. The van der Waals surface area contributed by atoms with Crippen molar-refractivity contribution >= 4 is 17.9 Å². The quantitative estimate of drug-likeness (QED) is 0.355. The topological polar surface area (TPSA) is 170 Å². The molecule has 0 aliphatic carbocycles. The third-order valence-electron chi connectivity index (χ3n) is 4.43. The number of carbonyl (C=O) groups is 1. The van der Waals surface area contributed by atoms with Crippen molar-refractivity contribution in [3.63, 3.8) is 0 Å². The summed E-state index contributed by atoms with van der Waals surface area (Å²) in [5.74, 6) is -0.538. The molecule has 0 atom stereocenters. The van der Waals surface area contributed by atoms with Crippen LogP contribution < -0.4 is 11.2 Å². The van der Waals surface area contributed by atoms with Crippen LogP contribution in [0.1, 0.15) is 21.7 Å². The Balaban J connectivity index is 1.60. The van der Waals surface area contributed by atoms with Gasteiger partial charge in [-0.2, -0.15) is 9.78 Å². The van der Waals surface area contributed by atoms with Gasteiger partial charge in [0, 0.05) is 25.2 Å². The van der Waals surface area contributed by atoms with E-state index in [1.54, 1.807) is 18.2 Å². The molecule has 1 aliphatic rings. The Bertz CT molecular complexity index is 1060. The molecule has 1 fully saturated rings. The Morgan fingerprint density at radius 3 is 2.83 bits per heavy atom. The van der Waals surface area contributed by atoms with E-state index in [2.05, 4.69) is 40.7 Å². The molecule has 13 heteroatoms. The van der Waals surface area contributed by atoms with Gasteiger partial charge in [0.2, 0.25) is 11.6 Å². The summed E-state index contributed by atoms with van der Waals surface area (Å²) in [5.41, 5.74) is 9.13. The summed E-state index contributed by atoms with van der Waals surface area (Å²) in [6, 6.07) is 6.60. The van der Waals surface area contributed by atoms with Gasteiger partial charge in [-0.25, -0.2) is 10.1 Å². The minimum Gasteiger partial charge on any atom is -0.507 e. The van der Waals surface area contributed by atoms with Crippen LogP contribution >= 0.6 is 0 Å². The van der Waals surface area contributed by atoms with E-state index in [0.717, 1.165) is 4.68 Å². The summed E-state index contributed by atoms with van der Waals surface area (Å²) in [6.07, 6.45) is 1.33. The molecule has 0 saturated carbocycles. The highest BCUT2D eigenvalue weighted by molar-refractivity contribution is 5.95. The van der Waals surface area contributed by atoms with E-state index in [9.17, 15) is 9.90 Å². The number of nitrogens with one attached hydrogen (secondary N) is 1. The van der Waals surface area contributed by atoms with Gasteiger partial charge in [-0.3, -0.25) is 9.69 Å². The predicted molar refractivity (Wildman–Crippen MR) is 103 cm³/mol. The summed E-state index contributed by atoms with van der Waals surface area (Å²) in [6.45, 7) is 2.97. The Labute approximate surface area is 170 Å². The number of hydrogen-bond acceptors (Lipinski definition) is 11. The molecule has 3 heterocycles. The molecular weight excluding hydrogens is 394 g/mol. The van der Waals surface area contributed by atoms with E-state index in [4.69, 9.17) is 10.5 Å². The van der Waals surface area contributed by atoms with Gasteiger partial charge in [0.15, 0.2) is 5.69 Å². The number of anilines is 1. The second-order valence-electron chi connectivity index (χ2n) is 6.42. The molecular formula is C17H19N9O4. The number of rotatable bonds is 6. The normalized spacial score (nSPS) is 14.9. The maximum atomic E-state index is 12.9. The van der Waals surface area contributed by atoms with Gasteiger partial charge in [-0.1, -0.05) is 17.3 Å². The fraction of sp³-hybridized carbons (Fsp3) is 0.294. The van der Waals surface area contributed by atoms with E-state index < -0.39 is 5.91 Å². The molecule has 0 bridgehead atoms. The summed E-state index contributed by atoms with van der Waals surface area (Å²) < 4.78 is 11.1. The fourth-order valence-electron chi connectivity index (χ4n) is 2.91. The van der Waals surface area contributed by atoms with Crippen LogP contribution in [-0.2, 0) is 11.3 Å². The van der Waals surface area contributed by atoms with Gasteiger partial charge in [0.25, 0.3) is 5.91 Å². The molecule has 13 nitrogen and oxygen atoms in total. The van der Waals surface area contributed by atoms with Crippen molar-refractivity contribution in [1.82, 2.24) is 35.6 Å². The standard InChI is InChI=1S/C17H19N9O4/c18-15-16(23-30-22-15)26-14(12(20-24-26)10-25-5-7-29-8-6-25)17(28)21-19-9-11-3-1-2-4-13(11)27/h1-4,9,27H,5-8,10H2,(H2,18,22)(H,21,28). The largest absolute Gasteiger partial charge is 0.507 e. The van der Waals surface area contributed by atoms with Gasteiger partial charge in [-0.05, 0) is 22.4 Å². The number of benzene rings is 1. The van der Waals surface area contributed by atoms with Gasteiger partial charge in [0.1, 0.15) is 11.4 Å². The van der Waals surface area contributed by atoms with Crippen LogP contribution in [-0.4, -0.2) is 73.7 Å². The number of amides is 1. The SMILES string of the molecule is Nc1nonc1-n1nnc(CN2CCOCC2)c1C(=O)NN=Cc1ccccc1O. The second kappa shape index (κ2) is 8.67. The molecule has 4 N–H and O–H groups in total. The zero-order chi connectivity index (χ0) is 20.9. The number of phenols is 1. The lowest BCUT2D eigenvalue weighted by atomic mass is 10.2. The Hall–Kier alpha value is -3.84. The highest BCUT2D eigenvalue weighted by Crippen LogP contribution is 2.18. The number of hydrazone groups is 1. The number of para-hydroxylation sites is 1. The van der Waals surface area contributed by atoms with Crippen LogP contribution in [0.3, 0.4) is 0 Å². The maximum Gasteiger partial charge on any atom is 0.292 e. The monoisotopic (exact) mass is 413 g/mol. The number of nitrogens with zero attached hydrogens (tertiary/aromatic N) is 7. The fourth-order valence-corrected chi connectivity index (χ4v) is 2.91. The first-order valence-corrected chi connectivity index (χ1v) is 9.08. The van der Waals surface area contributed by atoms with Crippen molar-refractivity contribution in [3.8, 4) is 11.6 Å². The van der Waals surface area contributed by atoms with Crippen molar-refractivity contribution in [3.05, 3.63) is 41.2 Å². The number of nitrogens with two attached hydrogens (primary N) is 1. The van der Waals surface area contributed by atoms with E-state index in [1.165, 1.54) is 12.3 Å². The lowest BCUT2D eigenvalue weighted by Gasteiger charge is -2.25. The number of nitrogen functional groups attached to an aromatic ring is 1. The molecule has 0 radical (unpaired) electrons. The van der Waals surface area contributed by atoms with Crippen LogP contribution in [0.15, 0.2) is 34.0 Å². The lowest BCUT2D eigenvalue weighted by Crippen LogP contribution is -2.36. The van der Waals surface area contributed by atoms with E-state index in [-0.39, 0.29) is 23.1 Å². The molecule has 4 rings (SSSR count). The van der Waals surface area contributed by atoms with E-state index in [1.807, 2.05) is 0 Å². The predicted octanol–water partition coefficient (Wildman–Crippen LogP) is -0.466. The van der Waals surface area contributed by atoms with Crippen LogP contribution in [0.5, 0.6) is 5.75 Å². The first kappa shape index (κ1) is 19.5.